The van der Waals surface area contributed by atoms with Crippen LogP contribution in [-0.4, -0.2) is 17.6 Å². The Kier molecular flexibility index (Phi) is 4.18. The highest BCUT2D eigenvalue weighted by molar-refractivity contribution is 4.96. The number of hydrogen-bond acceptors (Lipinski definition) is 4. The first-order chi connectivity index (χ1) is 8.20. The van der Waals surface area contributed by atoms with Gasteiger partial charge >= 0.3 is 0 Å². The Morgan fingerprint density at radius 1 is 1.53 bits per heavy atom. The standard InChI is InChI=1S/C13H23N3O/c1-9-8-15-13(17-9)10(2)16-12-6-4-3-5-11(12)7-14/h8,10-12,16H,3-7,14H2,1-2H3. The van der Waals surface area contributed by atoms with E-state index in [1.165, 1.54) is 25.7 Å². The summed E-state index contributed by atoms with van der Waals surface area (Å²) in [5.41, 5.74) is 5.83. The molecule has 1 aromatic rings. The molecule has 0 aliphatic heterocycles. The number of nitrogens with two attached hydrogens (primary N) is 1. The van der Waals surface area contributed by atoms with Gasteiger partial charge in [0.25, 0.3) is 0 Å². The largest absolute Gasteiger partial charge is 0.444 e. The molecule has 1 aliphatic carbocycles. The lowest BCUT2D eigenvalue weighted by Crippen LogP contribution is -2.42. The second-order valence-electron chi connectivity index (χ2n) is 5.08. The minimum atomic E-state index is 0.167. The number of nitrogens with zero attached hydrogens (tertiary/aromatic N) is 1. The van der Waals surface area contributed by atoms with Crippen molar-refractivity contribution in [1.29, 1.82) is 0 Å². The summed E-state index contributed by atoms with van der Waals surface area (Å²) in [6, 6.07) is 0.678. The van der Waals surface area contributed by atoms with Crippen LogP contribution in [0.5, 0.6) is 0 Å². The van der Waals surface area contributed by atoms with E-state index in [1.807, 2.05) is 6.92 Å². The third-order valence-electron chi connectivity index (χ3n) is 3.69. The highest BCUT2D eigenvalue weighted by Crippen LogP contribution is 2.25. The fourth-order valence-electron chi connectivity index (χ4n) is 2.67. The van der Waals surface area contributed by atoms with Gasteiger partial charge in [-0.15, -0.1) is 0 Å². The highest BCUT2D eigenvalue weighted by Gasteiger charge is 2.26. The van der Waals surface area contributed by atoms with Gasteiger partial charge in [-0.2, -0.15) is 0 Å². The molecule has 0 amide bonds. The van der Waals surface area contributed by atoms with Crippen LogP contribution in [-0.2, 0) is 0 Å². The summed E-state index contributed by atoms with van der Waals surface area (Å²) >= 11 is 0. The van der Waals surface area contributed by atoms with Gasteiger partial charge in [-0.3, -0.25) is 0 Å². The molecule has 2 rings (SSSR count). The van der Waals surface area contributed by atoms with Crippen molar-refractivity contribution in [3.8, 4) is 0 Å². The normalized spacial score (nSPS) is 27.0. The molecule has 1 heterocycles. The van der Waals surface area contributed by atoms with E-state index in [0.29, 0.717) is 12.0 Å². The first-order valence-electron chi connectivity index (χ1n) is 6.59. The average Bonchev–Trinajstić information content (AvgIpc) is 2.77. The molecule has 0 spiro atoms. The Labute approximate surface area is 103 Å². The second kappa shape index (κ2) is 5.65. The van der Waals surface area contributed by atoms with Gasteiger partial charge in [-0.05, 0) is 39.2 Å². The van der Waals surface area contributed by atoms with Crippen molar-refractivity contribution in [1.82, 2.24) is 10.3 Å². The SMILES string of the molecule is Cc1cnc(C(C)NC2CCCCC2CN)o1. The molecule has 1 aromatic heterocycles. The highest BCUT2D eigenvalue weighted by atomic mass is 16.4. The third kappa shape index (κ3) is 3.07. The van der Waals surface area contributed by atoms with Gasteiger partial charge in [0.15, 0.2) is 0 Å². The van der Waals surface area contributed by atoms with Gasteiger partial charge in [0.2, 0.25) is 5.89 Å². The molecule has 0 aromatic carbocycles. The van der Waals surface area contributed by atoms with Crippen molar-refractivity contribution in [3.63, 3.8) is 0 Å². The van der Waals surface area contributed by atoms with Crippen molar-refractivity contribution in [2.75, 3.05) is 6.54 Å². The number of hydrogen-bond donors (Lipinski definition) is 2. The summed E-state index contributed by atoms with van der Waals surface area (Å²) in [4.78, 5) is 4.27. The topological polar surface area (TPSA) is 64.1 Å². The van der Waals surface area contributed by atoms with Gasteiger partial charge in [-0.25, -0.2) is 4.98 Å². The van der Waals surface area contributed by atoms with Crippen LogP contribution in [0.25, 0.3) is 0 Å². The number of rotatable bonds is 4. The van der Waals surface area contributed by atoms with E-state index in [9.17, 15) is 0 Å². The quantitative estimate of drug-likeness (QED) is 0.842. The van der Waals surface area contributed by atoms with Gasteiger partial charge in [0, 0.05) is 6.04 Å². The van der Waals surface area contributed by atoms with E-state index in [1.54, 1.807) is 6.20 Å². The van der Waals surface area contributed by atoms with E-state index in [4.69, 9.17) is 10.2 Å². The molecule has 3 N–H and O–H groups in total. The maximum absolute atomic E-state index is 5.83. The summed E-state index contributed by atoms with van der Waals surface area (Å²) < 4.78 is 5.55. The minimum absolute atomic E-state index is 0.167. The van der Waals surface area contributed by atoms with Gasteiger partial charge in [-0.1, -0.05) is 12.8 Å². The fraction of sp³-hybridized carbons (Fsp3) is 0.769. The lowest BCUT2D eigenvalue weighted by Gasteiger charge is -2.33. The van der Waals surface area contributed by atoms with Crippen LogP contribution in [0, 0.1) is 12.8 Å². The number of oxazole rings is 1. The van der Waals surface area contributed by atoms with Crippen molar-refractivity contribution >= 4 is 0 Å². The first kappa shape index (κ1) is 12.6. The Hall–Kier alpha value is -0.870. The van der Waals surface area contributed by atoms with Crippen LogP contribution in [0.3, 0.4) is 0 Å². The zero-order valence-corrected chi connectivity index (χ0v) is 10.8. The van der Waals surface area contributed by atoms with Crippen molar-refractivity contribution in [2.45, 2.75) is 51.6 Å². The van der Waals surface area contributed by atoms with Crippen molar-refractivity contribution in [2.24, 2.45) is 11.7 Å². The van der Waals surface area contributed by atoms with Crippen molar-refractivity contribution in [3.05, 3.63) is 17.8 Å². The van der Waals surface area contributed by atoms with E-state index >= 15 is 0 Å². The Morgan fingerprint density at radius 3 is 2.94 bits per heavy atom. The average molecular weight is 237 g/mol. The van der Waals surface area contributed by atoms with E-state index in [-0.39, 0.29) is 6.04 Å². The summed E-state index contributed by atoms with van der Waals surface area (Å²) in [7, 11) is 0. The molecular formula is C13H23N3O. The van der Waals surface area contributed by atoms with E-state index in [2.05, 4.69) is 17.2 Å². The summed E-state index contributed by atoms with van der Waals surface area (Å²) in [6.45, 7) is 4.80. The maximum atomic E-state index is 5.83. The van der Waals surface area contributed by atoms with Gasteiger partial charge < -0.3 is 15.5 Å². The molecule has 4 nitrogen and oxygen atoms in total. The fourth-order valence-corrected chi connectivity index (χ4v) is 2.67. The van der Waals surface area contributed by atoms with Crippen LogP contribution in [0.2, 0.25) is 0 Å². The molecule has 3 atom stereocenters. The molecule has 1 fully saturated rings. The van der Waals surface area contributed by atoms with Crippen LogP contribution >= 0.6 is 0 Å². The molecule has 3 unspecified atom stereocenters. The monoisotopic (exact) mass is 237 g/mol. The Morgan fingerprint density at radius 2 is 2.29 bits per heavy atom. The van der Waals surface area contributed by atoms with Crippen molar-refractivity contribution < 1.29 is 4.42 Å². The minimum Gasteiger partial charge on any atom is -0.444 e. The summed E-state index contributed by atoms with van der Waals surface area (Å²) in [5.74, 6) is 2.25. The molecular weight excluding hydrogens is 214 g/mol. The number of aryl methyl sites for hydroxylation is 1. The third-order valence-corrected chi connectivity index (χ3v) is 3.69. The zero-order valence-electron chi connectivity index (χ0n) is 10.8. The predicted octanol–water partition coefficient (Wildman–Crippen LogP) is 2.15. The van der Waals surface area contributed by atoms with Gasteiger partial charge in [0.1, 0.15) is 5.76 Å². The maximum Gasteiger partial charge on any atom is 0.211 e. The van der Waals surface area contributed by atoms with Crippen LogP contribution in [0.1, 0.15) is 50.3 Å². The number of aromatic nitrogens is 1. The van der Waals surface area contributed by atoms with E-state index < -0.39 is 0 Å². The van der Waals surface area contributed by atoms with Crippen LogP contribution < -0.4 is 11.1 Å². The molecule has 0 saturated heterocycles. The molecule has 96 valence electrons. The molecule has 0 bridgehead atoms. The Bertz CT molecular complexity index is 350. The van der Waals surface area contributed by atoms with Gasteiger partial charge in [0.05, 0.1) is 12.2 Å². The molecule has 4 heteroatoms. The summed E-state index contributed by atoms with van der Waals surface area (Å²) in [5, 5.41) is 3.61. The molecule has 17 heavy (non-hydrogen) atoms. The zero-order chi connectivity index (χ0) is 12.3. The Balaban J connectivity index is 1.94. The first-order valence-corrected chi connectivity index (χ1v) is 6.59. The summed E-state index contributed by atoms with van der Waals surface area (Å²) in [6.07, 6.45) is 6.84. The number of nitrogens with one attached hydrogen (secondary N) is 1. The predicted molar refractivity (Wildman–Crippen MR) is 67.6 cm³/mol. The lowest BCUT2D eigenvalue weighted by molar-refractivity contribution is 0.240. The second-order valence-corrected chi connectivity index (χ2v) is 5.08. The molecule has 1 aliphatic rings. The smallest absolute Gasteiger partial charge is 0.211 e. The molecule has 1 saturated carbocycles. The van der Waals surface area contributed by atoms with Crippen LogP contribution in [0.15, 0.2) is 10.6 Å². The van der Waals surface area contributed by atoms with Crippen LogP contribution in [0.4, 0.5) is 0 Å². The van der Waals surface area contributed by atoms with E-state index in [0.717, 1.165) is 18.2 Å². The molecule has 0 radical (unpaired) electrons. The lowest BCUT2D eigenvalue weighted by atomic mass is 9.84.